The van der Waals surface area contributed by atoms with Gasteiger partial charge >= 0.3 is 0 Å². The number of nitrogens with two attached hydrogens (primary N) is 1. The largest absolute Gasteiger partial charge is 0.294 e. The molecule has 0 radical (unpaired) electrons. The van der Waals surface area contributed by atoms with Crippen LogP contribution in [0.2, 0.25) is 5.02 Å². The van der Waals surface area contributed by atoms with Gasteiger partial charge in [-0.2, -0.15) is 0 Å². The lowest BCUT2D eigenvalue weighted by Gasteiger charge is -2.13. The molecule has 1 aromatic heterocycles. The third-order valence-corrected chi connectivity index (χ3v) is 4.32. The van der Waals surface area contributed by atoms with Crippen LogP contribution < -0.4 is 5.14 Å². The van der Waals surface area contributed by atoms with Gasteiger partial charge in [-0.15, -0.1) is 10.2 Å². The Balaban J connectivity index is 2.76. The summed E-state index contributed by atoms with van der Waals surface area (Å²) in [5.74, 6) is 0.387. The molecule has 108 valence electrons. The van der Waals surface area contributed by atoms with Crippen LogP contribution in [0.4, 0.5) is 0 Å². The van der Waals surface area contributed by atoms with Gasteiger partial charge in [0, 0.05) is 21.1 Å². The van der Waals surface area contributed by atoms with E-state index in [1.807, 2.05) is 13.8 Å². The molecular formula is C11H12BrClN4O2S. The predicted octanol–water partition coefficient (Wildman–Crippen LogP) is 2.59. The fourth-order valence-corrected chi connectivity index (χ4v) is 3.11. The molecule has 20 heavy (non-hydrogen) atoms. The van der Waals surface area contributed by atoms with Crippen LogP contribution in [0.15, 0.2) is 27.8 Å². The fourth-order valence-electron chi connectivity index (χ4n) is 1.79. The van der Waals surface area contributed by atoms with E-state index >= 15 is 0 Å². The molecule has 2 N–H and O–H groups in total. The third-order valence-electron chi connectivity index (χ3n) is 2.60. The molecule has 0 spiro atoms. The number of benzene rings is 1. The molecule has 0 aliphatic heterocycles. The molecule has 0 fully saturated rings. The summed E-state index contributed by atoms with van der Waals surface area (Å²) in [6.07, 6.45) is 0. The van der Waals surface area contributed by atoms with Gasteiger partial charge < -0.3 is 0 Å². The van der Waals surface area contributed by atoms with Crippen LogP contribution in [0, 0.1) is 0 Å². The van der Waals surface area contributed by atoms with Crippen LogP contribution in [0.5, 0.6) is 0 Å². The lowest BCUT2D eigenvalue weighted by Crippen LogP contribution is -2.20. The summed E-state index contributed by atoms with van der Waals surface area (Å²) >= 11 is 9.36. The second-order valence-corrected chi connectivity index (χ2v) is 7.19. The number of primary sulfonamides is 1. The summed E-state index contributed by atoms with van der Waals surface area (Å²) in [6.45, 7) is 3.64. The molecule has 6 nitrogen and oxygen atoms in total. The van der Waals surface area contributed by atoms with Gasteiger partial charge in [0.05, 0.1) is 0 Å². The van der Waals surface area contributed by atoms with Crippen LogP contribution in [0.3, 0.4) is 0 Å². The number of halogens is 2. The smallest absolute Gasteiger partial charge is 0.273 e. The normalized spacial score (nSPS) is 12.1. The Morgan fingerprint density at radius 3 is 2.55 bits per heavy atom. The molecule has 1 aromatic carbocycles. The number of hydrogen-bond acceptors (Lipinski definition) is 4. The molecule has 9 heteroatoms. The zero-order valence-corrected chi connectivity index (χ0v) is 13.9. The van der Waals surface area contributed by atoms with Gasteiger partial charge in [0.25, 0.3) is 15.2 Å². The summed E-state index contributed by atoms with van der Waals surface area (Å²) in [4.78, 5) is 0. The number of hydrogen-bond donors (Lipinski definition) is 1. The van der Waals surface area contributed by atoms with E-state index in [2.05, 4.69) is 26.1 Å². The lowest BCUT2D eigenvalue weighted by molar-refractivity contribution is 0.524. The Kier molecular flexibility index (Phi) is 4.19. The topological polar surface area (TPSA) is 90.9 Å². The maximum Gasteiger partial charge on any atom is 0.273 e. The monoisotopic (exact) mass is 378 g/mol. The minimum absolute atomic E-state index is 0.181. The maximum absolute atomic E-state index is 11.6. The van der Waals surface area contributed by atoms with Crippen molar-refractivity contribution in [2.45, 2.75) is 25.0 Å². The quantitative estimate of drug-likeness (QED) is 0.887. The van der Waals surface area contributed by atoms with Crippen molar-refractivity contribution >= 4 is 37.6 Å². The van der Waals surface area contributed by atoms with Crippen LogP contribution in [0.1, 0.15) is 19.9 Å². The van der Waals surface area contributed by atoms with Crippen LogP contribution >= 0.6 is 27.5 Å². The van der Waals surface area contributed by atoms with Gasteiger partial charge in [-0.3, -0.25) is 4.57 Å². The first-order valence-corrected chi connectivity index (χ1v) is 8.36. The van der Waals surface area contributed by atoms with Gasteiger partial charge in [-0.05, 0) is 32.0 Å². The van der Waals surface area contributed by atoms with Crippen molar-refractivity contribution in [3.05, 3.63) is 27.7 Å². The number of nitrogens with zero attached hydrogens (tertiary/aromatic N) is 3. The minimum Gasteiger partial charge on any atom is -0.294 e. The average Bonchev–Trinajstić information content (AvgIpc) is 2.76. The molecule has 2 aromatic rings. The van der Waals surface area contributed by atoms with Crippen LogP contribution in [0.25, 0.3) is 11.4 Å². The van der Waals surface area contributed by atoms with E-state index in [1.165, 1.54) is 4.57 Å². The van der Waals surface area contributed by atoms with Gasteiger partial charge in [-0.25, -0.2) is 13.6 Å². The highest BCUT2D eigenvalue weighted by Crippen LogP contribution is 2.32. The highest BCUT2D eigenvalue weighted by atomic mass is 79.9. The van der Waals surface area contributed by atoms with Gasteiger partial charge in [0.2, 0.25) is 0 Å². The molecule has 0 aliphatic rings. The molecule has 0 unspecified atom stereocenters. The average molecular weight is 380 g/mol. The molecule has 0 saturated heterocycles. The highest BCUT2D eigenvalue weighted by Gasteiger charge is 2.24. The number of sulfonamides is 1. The van der Waals surface area contributed by atoms with Crippen molar-refractivity contribution < 1.29 is 8.42 Å². The Bertz CT molecular complexity index is 758. The number of aromatic nitrogens is 3. The summed E-state index contributed by atoms with van der Waals surface area (Å²) in [5, 5.41) is 13.0. The van der Waals surface area contributed by atoms with Gasteiger partial charge in [-0.1, -0.05) is 27.5 Å². The SMILES string of the molecule is CC(C)n1c(-c2cc(Cl)ccc2Br)nnc1S(N)(=O)=O. The Hall–Kier alpha value is -0.960. The van der Waals surface area contributed by atoms with Crippen molar-refractivity contribution in [1.82, 2.24) is 14.8 Å². The number of rotatable bonds is 3. The zero-order valence-electron chi connectivity index (χ0n) is 10.7. The van der Waals surface area contributed by atoms with E-state index in [9.17, 15) is 8.42 Å². The maximum atomic E-state index is 11.6. The summed E-state index contributed by atoms with van der Waals surface area (Å²) in [5.41, 5.74) is 0.647. The van der Waals surface area contributed by atoms with Gasteiger partial charge in [0.1, 0.15) is 0 Å². The van der Waals surface area contributed by atoms with E-state index in [0.29, 0.717) is 16.4 Å². The summed E-state index contributed by atoms with van der Waals surface area (Å²) in [7, 11) is -3.95. The fraction of sp³-hybridized carbons (Fsp3) is 0.273. The predicted molar refractivity (Wildman–Crippen MR) is 79.9 cm³/mol. The molecule has 0 amide bonds. The Labute approximate surface area is 130 Å². The van der Waals surface area contributed by atoms with Crippen LogP contribution in [-0.4, -0.2) is 23.2 Å². The second-order valence-electron chi connectivity index (χ2n) is 4.44. The third kappa shape index (κ3) is 2.88. The molecule has 0 saturated carbocycles. The first-order valence-electron chi connectivity index (χ1n) is 5.65. The molecular weight excluding hydrogens is 368 g/mol. The van der Waals surface area contributed by atoms with E-state index < -0.39 is 10.0 Å². The van der Waals surface area contributed by atoms with Crippen molar-refractivity contribution in [3.8, 4) is 11.4 Å². The molecule has 1 heterocycles. The van der Waals surface area contributed by atoms with E-state index in [1.54, 1.807) is 18.2 Å². The first-order chi connectivity index (χ1) is 9.21. The van der Waals surface area contributed by atoms with E-state index in [0.717, 1.165) is 4.47 Å². The van der Waals surface area contributed by atoms with Crippen molar-refractivity contribution in [3.63, 3.8) is 0 Å². The van der Waals surface area contributed by atoms with Crippen LogP contribution in [-0.2, 0) is 10.0 Å². The lowest BCUT2D eigenvalue weighted by atomic mass is 10.2. The molecule has 0 bridgehead atoms. The van der Waals surface area contributed by atoms with Crippen molar-refractivity contribution in [2.75, 3.05) is 0 Å². The van der Waals surface area contributed by atoms with Gasteiger partial charge in [0.15, 0.2) is 5.82 Å². The van der Waals surface area contributed by atoms with Crippen molar-refractivity contribution in [1.29, 1.82) is 0 Å². The van der Waals surface area contributed by atoms with E-state index in [4.69, 9.17) is 16.7 Å². The molecule has 2 rings (SSSR count). The molecule has 0 atom stereocenters. The van der Waals surface area contributed by atoms with E-state index in [-0.39, 0.29) is 11.2 Å². The van der Waals surface area contributed by atoms with Crippen molar-refractivity contribution in [2.24, 2.45) is 5.14 Å². The second kappa shape index (κ2) is 5.44. The standard InChI is InChI=1S/C11H12BrClN4O2S/c1-6(2)17-10(15-16-11(17)20(14,18)19)8-5-7(13)3-4-9(8)12/h3-6H,1-2H3,(H2,14,18,19). The molecule has 0 aliphatic carbocycles. The summed E-state index contributed by atoms with van der Waals surface area (Å²) in [6, 6.07) is 4.97. The Morgan fingerprint density at radius 2 is 2.00 bits per heavy atom. The Morgan fingerprint density at radius 1 is 1.35 bits per heavy atom. The first kappa shape index (κ1) is 15.4. The minimum atomic E-state index is -3.95. The summed E-state index contributed by atoms with van der Waals surface area (Å²) < 4.78 is 25.3. The highest BCUT2D eigenvalue weighted by molar-refractivity contribution is 9.10. The zero-order chi connectivity index (χ0) is 15.1.